The highest BCUT2D eigenvalue weighted by atomic mass is 16.2. The van der Waals surface area contributed by atoms with Gasteiger partial charge in [-0.25, -0.2) is 9.97 Å². The molecule has 1 saturated heterocycles. The maximum Gasteiger partial charge on any atom is 0.272 e. The number of nitrogens with zero attached hydrogens (tertiary/aromatic N) is 4. The molecule has 3 rings (SSSR count). The van der Waals surface area contributed by atoms with Crippen LogP contribution in [0.5, 0.6) is 0 Å². The van der Waals surface area contributed by atoms with E-state index in [9.17, 15) is 9.59 Å². The highest BCUT2D eigenvalue weighted by molar-refractivity contribution is 5.93. The maximum atomic E-state index is 12.8. The molecular weight excluding hydrogens is 356 g/mol. The van der Waals surface area contributed by atoms with E-state index < -0.39 is 0 Å². The number of carbonyl (C=O) groups excluding carboxylic acids is 2. The van der Waals surface area contributed by atoms with Gasteiger partial charge in [-0.1, -0.05) is 6.92 Å². The molecular formula is C20H26N6O2. The number of aryl methyl sites for hydroxylation is 1. The SMILES string of the molecule is CCN1CCN(C(=O)c2cc(C)nc(Nc3ccc(NC(C)=O)cc3)n2)CC1. The third-order valence-corrected chi connectivity index (χ3v) is 4.64. The van der Waals surface area contributed by atoms with E-state index in [4.69, 9.17) is 0 Å². The lowest BCUT2D eigenvalue weighted by molar-refractivity contribution is -0.114. The third kappa shape index (κ3) is 5.04. The summed E-state index contributed by atoms with van der Waals surface area (Å²) < 4.78 is 0. The van der Waals surface area contributed by atoms with E-state index in [1.165, 1.54) is 6.92 Å². The number of carbonyl (C=O) groups is 2. The van der Waals surface area contributed by atoms with E-state index in [0.29, 0.717) is 30.4 Å². The van der Waals surface area contributed by atoms with Crippen LogP contribution in [0.3, 0.4) is 0 Å². The number of benzene rings is 1. The van der Waals surface area contributed by atoms with Crippen LogP contribution in [0, 0.1) is 6.92 Å². The number of nitrogens with one attached hydrogen (secondary N) is 2. The number of aromatic nitrogens is 2. The number of piperazine rings is 1. The van der Waals surface area contributed by atoms with Crippen molar-refractivity contribution in [3.63, 3.8) is 0 Å². The van der Waals surface area contributed by atoms with Crippen LogP contribution in [0.4, 0.5) is 17.3 Å². The first-order valence-electron chi connectivity index (χ1n) is 9.46. The van der Waals surface area contributed by atoms with Gasteiger partial charge in [-0.2, -0.15) is 0 Å². The molecule has 0 radical (unpaired) electrons. The topological polar surface area (TPSA) is 90.5 Å². The number of likely N-dealkylation sites (N-methyl/N-ethyl adjacent to an activating group) is 1. The van der Waals surface area contributed by atoms with Gasteiger partial charge in [0.25, 0.3) is 5.91 Å². The van der Waals surface area contributed by atoms with Crippen LogP contribution in [0.25, 0.3) is 0 Å². The van der Waals surface area contributed by atoms with Gasteiger partial charge in [0, 0.05) is 50.2 Å². The molecule has 0 spiro atoms. The van der Waals surface area contributed by atoms with Crippen molar-refractivity contribution in [2.75, 3.05) is 43.4 Å². The van der Waals surface area contributed by atoms with E-state index in [1.54, 1.807) is 18.2 Å². The Morgan fingerprint density at radius 1 is 1.04 bits per heavy atom. The summed E-state index contributed by atoms with van der Waals surface area (Å²) in [6.45, 7) is 9.64. The molecule has 2 heterocycles. The molecule has 28 heavy (non-hydrogen) atoms. The number of rotatable bonds is 5. The number of amides is 2. The van der Waals surface area contributed by atoms with Gasteiger partial charge in [0.15, 0.2) is 0 Å². The molecule has 0 saturated carbocycles. The fourth-order valence-corrected chi connectivity index (χ4v) is 3.13. The average molecular weight is 382 g/mol. The van der Waals surface area contributed by atoms with Gasteiger partial charge in [-0.15, -0.1) is 0 Å². The smallest absolute Gasteiger partial charge is 0.272 e. The summed E-state index contributed by atoms with van der Waals surface area (Å²) >= 11 is 0. The minimum Gasteiger partial charge on any atom is -0.335 e. The van der Waals surface area contributed by atoms with E-state index in [-0.39, 0.29) is 11.8 Å². The van der Waals surface area contributed by atoms with Gasteiger partial charge in [0.2, 0.25) is 11.9 Å². The lowest BCUT2D eigenvalue weighted by Gasteiger charge is -2.33. The third-order valence-electron chi connectivity index (χ3n) is 4.64. The molecule has 148 valence electrons. The molecule has 0 atom stereocenters. The van der Waals surface area contributed by atoms with E-state index in [0.717, 1.165) is 31.0 Å². The Morgan fingerprint density at radius 3 is 2.29 bits per heavy atom. The Morgan fingerprint density at radius 2 is 1.68 bits per heavy atom. The number of hydrogen-bond donors (Lipinski definition) is 2. The van der Waals surface area contributed by atoms with Gasteiger partial charge >= 0.3 is 0 Å². The molecule has 8 nitrogen and oxygen atoms in total. The van der Waals surface area contributed by atoms with E-state index in [2.05, 4.69) is 32.4 Å². The van der Waals surface area contributed by atoms with Gasteiger partial charge in [-0.3, -0.25) is 9.59 Å². The fraction of sp³-hybridized carbons (Fsp3) is 0.400. The second-order valence-corrected chi connectivity index (χ2v) is 6.83. The first-order valence-corrected chi connectivity index (χ1v) is 9.46. The summed E-state index contributed by atoms with van der Waals surface area (Å²) in [4.78, 5) is 36.9. The van der Waals surface area contributed by atoms with Crippen molar-refractivity contribution in [3.05, 3.63) is 41.7 Å². The largest absolute Gasteiger partial charge is 0.335 e. The van der Waals surface area contributed by atoms with Gasteiger partial charge in [0.05, 0.1) is 0 Å². The molecule has 1 aromatic carbocycles. The van der Waals surface area contributed by atoms with E-state index >= 15 is 0 Å². The Hall–Kier alpha value is -3.00. The zero-order valence-electron chi connectivity index (χ0n) is 16.5. The van der Waals surface area contributed by atoms with Crippen LogP contribution in [0.1, 0.15) is 30.0 Å². The quantitative estimate of drug-likeness (QED) is 0.824. The molecule has 2 N–H and O–H groups in total. The molecule has 2 amide bonds. The summed E-state index contributed by atoms with van der Waals surface area (Å²) in [7, 11) is 0. The predicted molar refractivity (Wildman–Crippen MR) is 109 cm³/mol. The summed E-state index contributed by atoms with van der Waals surface area (Å²) in [5.74, 6) is 0.193. The summed E-state index contributed by atoms with van der Waals surface area (Å²) in [6, 6.07) is 8.95. The van der Waals surface area contributed by atoms with Crippen LogP contribution in [-0.4, -0.2) is 64.3 Å². The molecule has 0 bridgehead atoms. The lowest BCUT2D eigenvalue weighted by Crippen LogP contribution is -2.48. The monoisotopic (exact) mass is 382 g/mol. The van der Waals surface area contributed by atoms with Gasteiger partial charge < -0.3 is 20.4 Å². The van der Waals surface area contributed by atoms with Crippen LogP contribution < -0.4 is 10.6 Å². The van der Waals surface area contributed by atoms with Crippen LogP contribution in [0.15, 0.2) is 30.3 Å². The second kappa shape index (κ2) is 8.79. The highest BCUT2D eigenvalue weighted by Gasteiger charge is 2.23. The lowest BCUT2D eigenvalue weighted by atomic mass is 10.2. The van der Waals surface area contributed by atoms with Crippen LogP contribution >= 0.6 is 0 Å². The number of hydrogen-bond acceptors (Lipinski definition) is 6. The van der Waals surface area contributed by atoms with Crippen molar-refractivity contribution in [1.29, 1.82) is 0 Å². The summed E-state index contributed by atoms with van der Waals surface area (Å²) in [5, 5.41) is 5.85. The highest BCUT2D eigenvalue weighted by Crippen LogP contribution is 2.18. The summed E-state index contributed by atoms with van der Waals surface area (Å²) in [5.41, 5.74) is 2.61. The Bertz CT molecular complexity index is 844. The van der Waals surface area contributed by atoms with Crippen molar-refractivity contribution in [2.45, 2.75) is 20.8 Å². The minimum atomic E-state index is -0.120. The molecule has 2 aromatic rings. The van der Waals surface area contributed by atoms with Crippen LogP contribution in [-0.2, 0) is 4.79 Å². The van der Waals surface area contributed by atoms with E-state index in [1.807, 2.05) is 24.0 Å². The molecule has 1 aromatic heterocycles. The van der Waals surface area contributed by atoms with Crippen LogP contribution in [0.2, 0.25) is 0 Å². The molecule has 0 unspecified atom stereocenters. The fourth-order valence-electron chi connectivity index (χ4n) is 3.13. The van der Waals surface area contributed by atoms with Crippen molar-refractivity contribution in [3.8, 4) is 0 Å². The minimum absolute atomic E-state index is 0.0645. The first kappa shape index (κ1) is 19.8. The first-order chi connectivity index (χ1) is 13.4. The van der Waals surface area contributed by atoms with Crippen molar-refractivity contribution in [1.82, 2.24) is 19.8 Å². The number of anilines is 3. The molecule has 8 heteroatoms. The second-order valence-electron chi connectivity index (χ2n) is 6.83. The zero-order chi connectivity index (χ0) is 20.1. The van der Waals surface area contributed by atoms with Crippen molar-refractivity contribution < 1.29 is 9.59 Å². The normalized spacial score (nSPS) is 14.6. The predicted octanol–water partition coefficient (Wildman–Crippen LogP) is 2.26. The molecule has 1 aliphatic rings. The molecule has 1 aliphatic heterocycles. The van der Waals surface area contributed by atoms with Crippen molar-refractivity contribution in [2.24, 2.45) is 0 Å². The standard InChI is InChI=1S/C20H26N6O2/c1-4-25-9-11-26(12-10-25)19(28)18-13-14(2)21-20(24-18)23-17-7-5-16(6-8-17)22-15(3)27/h5-8,13H,4,9-12H2,1-3H3,(H,22,27)(H,21,23,24). The Labute approximate surface area is 165 Å². The Kier molecular flexibility index (Phi) is 6.20. The Balaban J connectivity index is 1.71. The summed E-state index contributed by atoms with van der Waals surface area (Å²) in [6.07, 6.45) is 0. The molecule has 1 fully saturated rings. The van der Waals surface area contributed by atoms with Gasteiger partial charge in [0.1, 0.15) is 5.69 Å². The van der Waals surface area contributed by atoms with Gasteiger partial charge in [-0.05, 0) is 43.8 Å². The maximum absolute atomic E-state index is 12.8. The van der Waals surface area contributed by atoms with Crippen molar-refractivity contribution >= 4 is 29.1 Å². The average Bonchev–Trinajstić information content (AvgIpc) is 2.68. The molecule has 0 aliphatic carbocycles. The zero-order valence-corrected chi connectivity index (χ0v) is 16.5.